The number of rotatable bonds is 3. The van der Waals surface area contributed by atoms with Crippen LogP contribution >= 0.6 is 22.9 Å². The minimum atomic E-state index is -0.681. The molecule has 0 aliphatic carbocycles. The van der Waals surface area contributed by atoms with Crippen LogP contribution in [0.1, 0.15) is 36.4 Å². The first-order chi connectivity index (χ1) is 7.59. The van der Waals surface area contributed by atoms with Gasteiger partial charge >= 0.3 is 0 Å². The van der Waals surface area contributed by atoms with E-state index in [1.165, 1.54) is 11.3 Å². The summed E-state index contributed by atoms with van der Waals surface area (Å²) in [5.74, 6) is 0. The molecule has 1 N–H and O–H groups in total. The highest BCUT2D eigenvalue weighted by Crippen LogP contribution is 2.32. The van der Waals surface area contributed by atoms with Crippen LogP contribution in [0.2, 0.25) is 5.02 Å². The fourth-order valence-corrected chi connectivity index (χ4v) is 2.60. The van der Waals surface area contributed by atoms with Crippen LogP contribution < -0.4 is 0 Å². The summed E-state index contributed by atoms with van der Waals surface area (Å²) < 4.78 is 1.82. The number of aliphatic hydroxyl groups excluding tert-OH is 1. The van der Waals surface area contributed by atoms with Gasteiger partial charge in [0.25, 0.3) is 0 Å². The smallest absolute Gasteiger partial charge is 0.118 e. The molecular weight excluding hydrogens is 244 g/mol. The first-order valence-electron chi connectivity index (χ1n) is 5.04. The Hall–Kier alpha value is -0.840. The van der Waals surface area contributed by atoms with Crippen LogP contribution in [-0.4, -0.2) is 14.9 Å². The first-order valence-corrected chi connectivity index (χ1v) is 6.30. The van der Waals surface area contributed by atoms with Crippen LogP contribution in [0.15, 0.2) is 23.8 Å². The van der Waals surface area contributed by atoms with Crippen LogP contribution in [0.4, 0.5) is 0 Å². The molecule has 16 heavy (non-hydrogen) atoms. The van der Waals surface area contributed by atoms with Crippen molar-refractivity contribution in [2.24, 2.45) is 0 Å². The number of aromatic nitrogens is 2. The Morgan fingerprint density at radius 2 is 2.25 bits per heavy atom. The highest BCUT2D eigenvalue weighted by molar-refractivity contribution is 7.10. The summed E-state index contributed by atoms with van der Waals surface area (Å²) in [5, 5.41) is 16.8. The molecule has 86 valence electrons. The molecular formula is C11H13ClN2OS. The molecule has 0 spiro atoms. The average Bonchev–Trinajstić information content (AvgIpc) is 2.84. The van der Waals surface area contributed by atoms with E-state index in [0.29, 0.717) is 11.1 Å². The molecule has 0 aliphatic heterocycles. The third-order valence-corrected chi connectivity index (χ3v) is 3.77. The lowest BCUT2D eigenvalue weighted by Crippen LogP contribution is -2.01. The summed E-state index contributed by atoms with van der Waals surface area (Å²) in [6.45, 7) is 4.09. The number of hydrogen-bond acceptors (Lipinski definition) is 3. The van der Waals surface area contributed by atoms with Crippen LogP contribution in [0, 0.1) is 0 Å². The van der Waals surface area contributed by atoms with E-state index < -0.39 is 6.10 Å². The van der Waals surface area contributed by atoms with Crippen molar-refractivity contribution >= 4 is 22.9 Å². The van der Waals surface area contributed by atoms with Gasteiger partial charge in [-0.25, -0.2) is 0 Å². The van der Waals surface area contributed by atoms with E-state index in [0.717, 1.165) is 10.4 Å². The zero-order chi connectivity index (χ0) is 11.7. The summed E-state index contributed by atoms with van der Waals surface area (Å²) >= 11 is 7.43. The molecule has 2 aromatic heterocycles. The number of thiophene rings is 1. The van der Waals surface area contributed by atoms with Gasteiger partial charge in [0, 0.05) is 17.8 Å². The fourth-order valence-electron chi connectivity index (χ4n) is 1.43. The van der Waals surface area contributed by atoms with Crippen molar-refractivity contribution in [1.82, 2.24) is 9.78 Å². The van der Waals surface area contributed by atoms with Gasteiger partial charge in [-0.3, -0.25) is 4.68 Å². The lowest BCUT2D eigenvalue weighted by molar-refractivity contribution is 0.224. The lowest BCUT2D eigenvalue weighted by atomic mass is 10.2. The minimum absolute atomic E-state index is 0.291. The summed E-state index contributed by atoms with van der Waals surface area (Å²) in [6.07, 6.45) is 2.85. The van der Waals surface area contributed by atoms with Gasteiger partial charge in [0.05, 0.1) is 16.1 Å². The second-order valence-electron chi connectivity index (χ2n) is 3.88. The zero-order valence-corrected chi connectivity index (χ0v) is 10.7. The molecule has 2 aromatic rings. The number of aliphatic hydroxyl groups is 1. The summed E-state index contributed by atoms with van der Waals surface area (Å²) in [7, 11) is 0. The van der Waals surface area contributed by atoms with Crippen molar-refractivity contribution in [3.63, 3.8) is 0 Å². The molecule has 2 rings (SSSR count). The maximum Gasteiger partial charge on any atom is 0.118 e. The van der Waals surface area contributed by atoms with Crippen molar-refractivity contribution in [2.75, 3.05) is 0 Å². The molecule has 5 heteroatoms. The van der Waals surface area contributed by atoms with Gasteiger partial charge in [-0.05, 0) is 25.3 Å². The Morgan fingerprint density at radius 3 is 2.75 bits per heavy atom. The van der Waals surface area contributed by atoms with E-state index in [1.807, 2.05) is 30.1 Å². The van der Waals surface area contributed by atoms with E-state index in [1.54, 1.807) is 12.3 Å². The van der Waals surface area contributed by atoms with Gasteiger partial charge in [-0.1, -0.05) is 11.6 Å². The summed E-state index contributed by atoms with van der Waals surface area (Å²) in [6, 6.07) is 2.08. The number of hydrogen-bond donors (Lipinski definition) is 1. The second-order valence-corrected chi connectivity index (χ2v) is 5.24. The molecule has 2 heterocycles. The van der Waals surface area contributed by atoms with Gasteiger partial charge in [0.2, 0.25) is 0 Å². The Morgan fingerprint density at radius 1 is 1.50 bits per heavy atom. The van der Waals surface area contributed by atoms with Crippen LogP contribution in [-0.2, 0) is 0 Å². The molecule has 0 aliphatic rings. The molecule has 0 saturated carbocycles. The Bertz CT molecular complexity index is 478. The molecule has 0 aromatic carbocycles. The molecule has 1 unspecified atom stereocenters. The van der Waals surface area contributed by atoms with E-state index in [-0.39, 0.29) is 0 Å². The second kappa shape index (κ2) is 4.57. The molecule has 1 atom stereocenters. The van der Waals surface area contributed by atoms with Gasteiger partial charge in [-0.2, -0.15) is 5.10 Å². The maximum absolute atomic E-state index is 10.1. The number of halogens is 1. The third-order valence-electron chi connectivity index (χ3n) is 2.36. The predicted molar refractivity (Wildman–Crippen MR) is 66.0 cm³/mol. The first kappa shape index (κ1) is 11.6. The van der Waals surface area contributed by atoms with Crippen LogP contribution in [0.3, 0.4) is 0 Å². The van der Waals surface area contributed by atoms with Crippen molar-refractivity contribution in [2.45, 2.75) is 26.0 Å². The monoisotopic (exact) mass is 256 g/mol. The fraction of sp³-hybridized carbons (Fsp3) is 0.364. The molecule has 0 fully saturated rings. The van der Waals surface area contributed by atoms with Gasteiger partial charge in [0.15, 0.2) is 0 Å². The predicted octanol–water partition coefficient (Wildman–Crippen LogP) is 3.26. The number of nitrogens with zero attached hydrogens (tertiary/aromatic N) is 2. The largest absolute Gasteiger partial charge is 0.383 e. The van der Waals surface area contributed by atoms with Crippen LogP contribution in [0.5, 0.6) is 0 Å². The molecule has 3 nitrogen and oxygen atoms in total. The van der Waals surface area contributed by atoms with E-state index in [9.17, 15) is 5.11 Å². The zero-order valence-electron chi connectivity index (χ0n) is 9.09. The van der Waals surface area contributed by atoms with Crippen molar-refractivity contribution in [3.8, 4) is 0 Å². The van der Waals surface area contributed by atoms with E-state index in [4.69, 9.17) is 11.6 Å². The Labute approximate surface area is 103 Å². The maximum atomic E-state index is 10.1. The third kappa shape index (κ3) is 2.14. The van der Waals surface area contributed by atoms with Crippen LogP contribution in [0.25, 0.3) is 0 Å². The Balaban J connectivity index is 2.27. The molecule has 0 amide bonds. The highest BCUT2D eigenvalue weighted by atomic mass is 35.5. The van der Waals surface area contributed by atoms with Crippen molar-refractivity contribution in [1.29, 1.82) is 0 Å². The average molecular weight is 257 g/mol. The molecule has 0 bridgehead atoms. The normalized spacial score (nSPS) is 13.3. The van der Waals surface area contributed by atoms with Gasteiger partial charge in [0.1, 0.15) is 6.10 Å². The van der Waals surface area contributed by atoms with Gasteiger partial charge < -0.3 is 5.11 Å². The standard InChI is InChI=1S/C11H13ClN2OS/c1-7(2)14-6-8(5-13-14)10(15)11-9(12)3-4-16-11/h3-7,10,15H,1-2H3. The minimum Gasteiger partial charge on any atom is -0.383 e. The van der Waals surface area contributed by atoms with E-state index in [2.05, 4.69) is 5.10 Å². The summed E-state index contributed by atoms with van der Waals surface area (Å²) in [4.78, 5) is 0.768. The highest BCUT2D eigenvalue weighted by Gasteiger charge is 2.17. The van der Waals surface area contributed by atoms with Crippen molar-refractivity contribution in [3.05, 3.63) is 39.3 Å². The lowest BCUT2D eigenvalue weighted by Gasteiger charge is -2.07. The van der Waals surface area contributed by atoms with Gasteiger partial charge in [-0.15, -0.1) is 11.3 Å². The SMILES string of the molecule is CC(C)n1cc(C(O)c2sccc2Cl)cn1. The summed E-state index contributed by atoms with van der Waals surface area (Å²) in [5.41, 5.74) is 0.776. The molecule has 0 saturated heterocycles. The topological polar surface area (TPSA) is 38.0 Å². The van der Waals surface area contributed by atoms with Crippen molar-refractivity contribution < 1.29 is 5.11 Å². The molecule has 0 radical (unpaired) electrons. The van der Waals surface area contributed by atoms with E-state index >= 15 is 0 Å². The Kier molecular flexibility index (Phi) is 3.33. The quantitative estimate of drug-likeness (QED) is 0.915.